The van der Waals surface area contributed by atoms with Crippen LogP contribution in [0.2, 0.25) is 5.02 Å². The topological polar surface area (TPSA) is 50.4 Å². The Kier molecular flexibility index (Phi) is 2.74. The summed E-state index contributed by atoms with van der Waals surface area (Å²) >= 11 is 5.86. The van der Waals surface area contributed by atoms with Crippen LogP contribution in [0.1, 0.15) is 5.69 Å². The van der Waals surface area contributed by atoms with Crippen LogP contribution in [0.15, 0.2) is 42.7 Å². The molecule has 2 heterocycles. The van der Waals surface area contributed by atoms with Crippen molar-refractivity contribution in [3.05, 3.63) is 53.4 Å². The summed E-state index contributed by atoms with van der Waals surface area (Å²) in [5.41, 5.74) is 2.36. The summed E-state index contributed by atoms with van der Waals surface area (Å²) in [6, 6.07) is 9.16. The molecule has 18 heavy (non-hydrogen) atoms. The lowest BCUT2D eigenvalue weighted by atomic mass is 10.1. The minimum absolute atomic E-state index is 0.0924. The summed E-state index contributed by atoms with van der Waals surface area (Å²) in [6.07, 6.45) is 3.51. The van der Waals surface area contributed by atoms with Gasteiger partial charge < -0.3 is 5.11 Å². The van der Waals surface area contributed by atoms with Gasteiger partial charge in [0.15, 0.2) is 0 Å². The van der Waals surface area contributed by atoms with Gasteiger partial charge in [0, 0.05) is 23.0 Å². The number of hydrogen-bond donors (Lipinski definition) is 1. The van der Waals surface area contributed by atoms with E-state index in [1.807, 2.05) is 18.3 Å². The van der Waals surface area contributed by atoms with Gasteiger partial charge in [-0.2, -0.15) is 0 Å². The van der Waals surface area contributed by atoms with Gasteiger partial charge >= 0.3 is 0 Å². The molecule has 0 radical (unpaired) electrons. The minimum Gasteiger partial charge on any atom is -0.390 e. The first-order chi connectivity index (χ1) is 8.79. The number of aromatic nitrogens is 3. The maximum Gasteiger partial charge on any atom is 0.234 e. The van der Waals surface area contributed by atoms with Crippen LogP contribution in [-0.4, -0.2) is 19.5 Å². The monoisotopic (exact) mass is 259 g/mol. The Morgan fingerprint density at radius 2 is 2.00 bits per heavy atom. The molecule has 0 atom stereocenters. The normalized spacial score (nSPS) is 11.0. The van der Waals surface area contributed by atoms with E-state index in [0.29, 0.717) is 10.8 Å². The molecule has 1 N–H and O–H groups in total. The standard InChI is InChI=1S/C13H10ClN3O/c14-10-4-2-9(3-5-10)12-11(8-18)17-7-1-6-15-13(17)16-12/h1-7,18H,8H2. The molecule has 3 aromatic rings. The van der Waals surface area contributed by atoms with E-state index in [2.05, 4.69) is 9.97 Å². The number of benzene rings is 1. The molecule has 0 fully saturated rings. The Balaban J connectivity index is 2.25. The molecule has 5 heteroatoms. The van der Waals surface area contributed by atoms with E-state index in [1.54, 1.807) is 28.8 Å². The third kappa shape index (κ3) is 1.75. The number of aliphatic hydroxyl groups is 1. The van der Waals surface area contributed by atoms with E-state index in [1.165, 1.54) is 0 Å². The molecule has 0 spiro atoms. The third-order valence-electron chi connectivity index (χ3n) is 2.77. The molecule has 1 aromatic carbocycles. The van der Waals surface area contributed by atoms with Crippen molar-refractivity contribution < 1.29 is 5.11 Å². The Hall–Kier alpha value is -1.91. The first kappa shape index (κ1) is 11.2. The zero-order valence-electron chi connectivity index (χ0n) is 9.42. The molecule has 0 saturated carbocycles. The fourth-order valence-corrected chi connectivity index (χ4v) is 2.05. The van der Waals surface area contributed by atoms with Crippen molar-refractivity contribution in [1.82, 2.24) is 14.4 Å². The summed E-state index contributed by atoms with van der Waals surface area (Å²) < 4.78 is 1.78. The zero-order chi connectivity index (χ0) is 12.5. The number of imidazole rings is 1. The van der Waals surface area contributed by atoms with Gasteiger partial charge in [-0.3, -0.25) is 4.40 Å². The molecule has 0 saturated heterocycles. The SMILES string of the molecule is OCc1c(-c2ccc(Cl)cc2)nc2ncccn12. The molecular formula is C13H10ClN3O. The third-order valence-corrected chi connectivity index (χ3v) is 3.02. The molecule has 0 aliphatic carbocycles. The molecule has 4 nitrogen and oxygen atoms in total. The van der Waals surface area contributed by atoms with E-state index in [4.69, 9.17) is 11.6 Å². The van der Waals surface area contributed by atoms with Crippen LogP contribution in [0.25, 0.3) is 17.0 Å². The molecule has 3 rings (SSSR count). The highest BCUT2D eigenvalue weighted by molar-refractivity contribution is 6.30. The molecule has 2 aromatic heterocycles. The molecule has 0 aliphatic rings. The van der Waals surface area contributed by atoms with Crippen LogP contribution in [-0.2, 0) is 6.61 Å². The molecule has 90 valence electrons. The van der Waals surface area contributed by atoms with Gasteiger partial charge in [-0.05, 0) is 18.2 Å². The minimum atomic E-state index is -0.0924. The summed E-state index contributed by atoms with van der Waals surface area (Å²) in [6.45, 7) is -0.0924. The molecular weight excluding hydrogens is 250 g/mol. The van der Waals surface area contributed by atoms with E-state index in [-0.39, 0.29) is 6.61 Å². The fraction of sp³-hybridized carbons (Fsp3) is 0.0769. The molecule has 0 aliphatic heterocycles. The van der Waals surface area contributed by atoms with Crippen molar-refractivity contribution in [3.8, 4) is 11.3 Å². The smallest absolute Gasteiger partial charge is 0.234 e. The summed E-state index contributed by atoms with van der Waals surface area (Å²) in [5, 5.41) is 10.2. The second kappa shape index (κ2) is 4.40. The zero-order valence-corrected chi connectivity index (χ0v) is 10.2. The average Bonchev–Trinajstić information content (AvgIpc) is 2.78. The highest BCUT2D eigenvalue weighted by atomic mass is 35.5. The van der Waals surface area contributed by atoms with Crippen LogP contribution in [0.5, 0.6) is 0 Å². The predicted octanol–water partition coefficient (Wildman–Crippen LogP) is 2.54. The van der Waals surface area contributed by atoms with Gasteiger partial charge in [-0.15, -0.1) is 0 Å². The quantitative estimate of drug-likeness (QED) is 0.769. The maximum absolute atomic E-state index is 9.51. The summed E-state index contributed by atoms with van der Waals surface area (Å²) in [5.74, 6) is 0.575. The van der Waals surface area contributed by atoms with Crippen molar-refractivity contribution in [2.24, 2.45) is 0 Å². The van der Waals surface area contributed by atoms with E-state index in [9.17, 15) is 5.11 Å². The summed E-state index contributed by atoms with van der Waals surface area (Å²) in [7, 11) is 0. The lowest BCUT2D eigenvalue weighted by Crippen LogP contribution is -1.94. The largest absolute Gasteiger partial charge is 0.390 e. The van der Waals surface area contributed by atoms with Crippen molar-refractivity contribution in [3.63, 3.8) is 0 Å². The van der Waals surface area contributed by atoms with Crippen LogP contribution in [0, 0.1) is 0 Å². The predicted molar refractivity (Wildman–Crippen MR) is 69.4 cm³/mol. The second-order valence-electron chi connectivity index (χ2n) is 3.86. The molecule has 0 amide bonds. The Bertz CT molecular complexity index is 691. The number of nitrogens with zero attached hydrogens (tertiary/aromatic N) is 3. The maximum atomic E-state index is 9.51. The van der Waals surface area contributed by atoms with Gasteiger partial charge in [-0.1, -0.05) is 23.7 Å². The lowest BCUT2D eigenvalue weighted by Gasteiger charge is -2.01. The Morgan fingerprint density at radius 1 is 1.22 bits per heavy atom. The highest BCUT2D eigenvalue weighted by Crippen LogP contribution is 2.25. The number of halogens is 1. The number of aliphatic hydroxyl groups excluding tert-OH is 1. The molecule has 0 unspecified atom stereocenters. The number of hydrogen-bond acceptors (Lipinski definition) is 3. The van der Waals surface area contributed by atoms with E-state index < -0.39 is 0 Å². The molecule has 0 bridgehead atoms. The van der Waals surface area contributed by atoms with Crippen LogP contribution in [0.3, 0.4) is 0 Å². The van der Waals surface area contributed by atoms with Gasteiger partial charge in [0.1, 0.15) is 0 Å². The summed E-state index contributed by atoms with van der Waals surface area (Å²) in [4.78, 5) is 8.60. The van der Waals surface area contributed by atoms with Crippen LogP contribution >= 0.6 is 11.6 Å². The lowest BCUT2D eigenvalue weighted by molar-refractivity contribution is 0.276. The van der Waals surface area contributed by atoms with Crippen molar-refractivity contribution >= 4 is 17.4 Å². The average molecular weight is 260 g/mol. The van der Waals surface area contributed by atoms with Crippen LogP contribution in [0.4, 0.5) is 0 Å². The number of rotatable bonds is 2. The Morgan fingerprint density at radius 3 is 2.72 bits per heavy atom. The van der Waals surface area contributed by atoms with Crippen molar-refractivity contribution in [2.75, 3.05) is 0 Å². The van der Waals surface area contributed by atoms with Gasteiger partial charge in [-0.25, -0.2) is 9.97 Å². The first-order valence-electron chi connectivity index (χ1n) is 5.48. The number of fused-ring (bicyclic) bond motifs is 1. The second-order valence-corrected chi connectivity index (χ2v) is 4.30. The van der Waals surface area contributed by atoms with Gasteiger partial charge in [0.25, 0.3) is 0 Å². The van der Waals surface area contributed by atoms with Crippen molar-refractivity contribution in [2.45, 2.75) is 6.61 Å². The van der Waals surface area contributed by atoms with E-state index in [0.717, 1.165) is 17.0 Å². The van der Waals surface area contributed by atoms with Gasteiger partial charge in [0.05, 0.1) is 18.0 Å². The van der Waals surface area contributed by atoms with Crippen molar-refractivity contribution in [1.29, 1.82) is 0 Å². The van der Waals surface area contributed by atoms with Gasteiger partial charge in [0.2, 0.25) is 5.78 Å². The van der Waals surface area contributed by atoms with E-state index >= 15 is 0 Å². The Labute approximate surface area is 109 Å². The van der Waals surface area contributed by atoms with Crippen LogP contribution < -0.4 is 0 Å². The fourth-order valence-electron chi connectivity index (χ4n) is 1.93. The first-order valence-corrected chi connectivity index (χ1v) is 5.86. The highest BCUT2D eigenvalue weighted by Gasteiger charge is 2.13.